The highest BCUT2D eigenvalue weighted by Gasteiger charge is 2.46. The van der Waals surface area contributed by atoms with Gasteiger partial charge in [0.1, 0.15) is 11.6 Å². The van der Waals surface area contributed by atoms with Crippen LogP contribution in [0.5, 0.6) is 5.75 Å². The first-order chi connectivity index (χ1) is 17.5. The van der Waals surface area contributed by atoms with Gasteiger partial charge in [0, 0.05) is 17.3 Å². The lowest BCUT2D eigenvalue weighted by Gasteiger charge is -2.46. The topological polar surface area (TPSA) is 58.6 Å². The van der Waals surface area contributed by atoms with Crippen molar-refractivity contribution in [3.63, 3.8) is 0 Å². The molecule has 1 heterocycles. The second kappa shape index (κ2) is 10.3. The number of methoxy groups -OCH3 is 1. The van der Waals surface area contributed by atoms with E-state index in [1.807, 2.05) is 47.4 Å². The summed E-state index contributed by atoms with van der Waals surface area (Å²) >= 11 is 5.97. The molecule has 2 amide bonds. The standard InChI is InChI=1S/C29H28ClFN2O3/c1-36-21-14-11-18(12-15-21)27-26(28(34)32-19-13-16-25(31)24(30)17-19)22-9-5-6-10-23(22)29(35)33(27)20-7-3-2-4-8-20/h5-6,9-17,20,26-27H,2-4,7-8H2,1H3,(H,32,34)/t26-,27-/m1/s1. The predicted octanol–water partition coefficient (Wildman–Crippen LogP) is 6.74. The Bertz CT molecular complexity index is 1270. The van der Waals surface area contributed by atoms with E-state index < -0.39 is 17.8 Å². The summed E-state index contributed by atoms with van der Waals surface area (Å²) in [7, 11) is 1.60. The zero-order valence-electron chi connectivity index (χ0n) is 20.0. The highest BCUT2D eigenvalue weighted by molar-refractivity contribution is 6.31. The van der Waals surface area contributed by atoms with E-state index in [0.29, 0.717) is 22.6 Å². The van der Waals surface area contributed by atoms with E-state index in [1.165, 1.54) is 18.2 Å². The molecule has 1 aliphatic heterocycles. The Morgan fingerprint density at radius 3 is 2.44 bits per heavy atom. The summed E-state index contributed by atoms with van der Waals surface area (Å²) in [6, 6.07) is 18.5. The summed E-state index contributed by atoms with van der Waals surface area (Å²) in [5.74, 6) is -0.847. The highest BCUT2D eigenvalue weighted by Crippen LogP contribution is 2.46. The van der Waals surface area contributed by atoms with Gasteiger partial charge >= 0.3 is 0 Å². The first kappa shape index (κ1) is 24.3. The molecule has 186 valence electrons. The van der Waals surface area contributed by atoms with E-state index in [2.05, 4.69) is 5.32 Å². The van der Waals surface area contributed by atoms with Gasteiger partial charge in [0.2, 0.25) is 5.91 Å². The van der Waals surface area contributed by atoms with Gasteiger partial charge in [-0.15, -0.1) is 0 Å². The average Bonchev–Trinajstić information content (AvgIpc) is 2.91. The van der Waals surface area contributed by atoms with E-state index in [-0.39, 0.29) is 22.9 Å². The van der Waals surface area contributed by atoms with Crippen LogP contribution in [0.4, 0.5) is 10.1 Å². The van der Waals surface area contributed by atoms with Crippen LogP contribution in [-0.4, -0.2) is 29.9 Å². The number of anilines is 1. The Hall–Kier alpha value is -3.38. The molecule has 1 aliphatic carbocycles. The Labute approximate surface area is 215 Å². The quantitative estimate of drug-likeness (QED) is 0.417. The van der Waals surface area contributed by atoms with Crippen LogP contribution in [-0.2, 0) is 4.79 Å². The Morgan fingerprint density at radius 2 is 1.75 bits per heavy atom. The van der Waals surface area contributed by atoms with Gasteiger partial charge in [-0.05, 0) is 60.4 Å². The van der Waals surface area contributed by atoms with E-state index in [0.717, 1.165) is 37.7 Å². The molecule has 0 radical (unpaired) electrons. The monoisotopic (exact) mass is 506 g/mol. The van der Waals surface area contributed by atoms with Gasteiger partial charge in [0.05, 0.1) is 24.1 Å². The van der Waals surface area contributed by atoms with Crippen molar-refractivity contribution in [2.75, 3.05) is 12.4 Å². The fourth-order valence-electron chi connectivity index (χ4n) is 5.54. The van der Waals surface area contributed by atoms with Crippen molar-refractivity contribution in [1.82, 2.24) is 4.90 Å². The number of hydrogen-bond acceptors (Lipinski definition) is 3. The first-order valence-electron chi connectivity index (χ1n) is 12.3. The van der Waals surface area contributed by atoms with E-state index in [1.54, 1.807) is 13.2 Å². The van der Waals surface area contributed by atoms with Gasteiger partial charge in [-0.1, -0.05) is 61.2 Å². The van der Waals surface area contributed by atoms with Gasteiger partial charge in [-0.3, -0.25) is 9.59 Å². The molecule has 0 bridgehead atoms. The van der Waals surface area contributed by atoms with Crippen molar-refractivity contribution in [1.29, 1.82) is 0 Å². The smallest absolute Gasteiger partial charge is 0.254 e. The van der Waals surface area contributed by atoms with Crippen LogP contribution in [0.2, 0.25) is 5.02 Å². The molecule has 0 aromatic heterocycles. The molecule has 3 aromatic rings. The molecule has 0 saturated heterocycles. The maximum Gasteiger partial charge on any atom is 0.254 e. The zero-order chi connectivity index (χ0) is 25.2. The Balaban J connectivity index is 1.63. The van der Waals surface area contributed by atoms with Crippen LogP contribution in [0.3, 0.4) is 0 Å². The van der Waals surface area contributed by atoms with Crippen molar-refractivity contribution in [2.24, 2.45) is 0 Å². The lowest BCUT2D eigenvalue weighted by Crippen LogP contribution is -2.51. The van der Waals surface area contributed by atoms with Gasteiger partial charge in [0.15, 0.2) is 0 Å². The molecule has 0 spiro atoms. The molecular formula is C29H28ClFN2O3. The van der Waals surface area contributed by atoms with Gasteiger partial charge in [-0.2, -0.15) is 0 Å². The summed E-state index contributed by atoms with van der Waals surface area (Å²) in [4.78, 5) is 29.8. The third-order valence-electron chi connectivity index (χ3n) is 7.27. The van der Waals surface area contributed by atoms with Crippen LogP contribution in [0.25, 0.3) is 0 Å². The molecule has 0 unspecified atom stereocenters. The van der Waals surface area contributed by atoms with E-state index in [9.17, 15) is 14.0 Å². The first-order valence-corrected chi connectivity index (χ1v) is 12.7. The molecule has 3 aromatic carbocycles. The maximum absolute atomic E-state index is 14.0. The average molecular weight is 507 g/mol. The van der Waals surface area contributed by atoms with E-state index in [4.69, 9.17) is 16.3 Å². The van der Waals surface area contributed by atoms with E-state index >= 15 is 0 Å². The van der Waals surface area contributed by atoms with Crippen molar-refractivity contribution >= 4 is 29.1 Å². The second-order valence-corrected chi connectivity index (χ2v) is 9.81. The SMILES string of the molecule is COc1ccc([C@@H]2[C@H](C(=O)Nc3ccc(F)c(Cl)c3)c3ccccc3C(=O)N2C2CCCCC2)cc1. The number of benzene rings is 3. The highest BCUT2D eigenvalue weighted by atomic mass is 35.5. The molecule has 2 aliphatic rings. The van der Waals surface area contributed by atoms with Crippen LogP contribution in [0.15, 0.2) is 66.7 Å². The minimum atomic E-state index is -0.668. The molecule has 5 rings (SSSR count). The summed E-state index contributed by atoms with van der Waals surface area (Å²) in [5, 5.41) is 2.86. The summed E-state index contributed by atoms with van der Waals surface area (Å²) in [5.41, 5.74) is 2.49. The van der Waals surface area contributed by atoms with Crippen molar-refractivity contribution in [2.45, 2.75) is 50.1 Å². The zero-order valence-corrected chi connectivity index (χ0v) is 20.8. The van der Waals surface area contributed by atoms with Crippen LogP contribution >= 0.6 is 11.6 Å². The number of carbonyl (C=O) groups is 2. The van der Waals surface area contributed by atoms with Gasteiger partial charge in [-0.25, -0.2) is 4.39 Å². The van der Waals surface area contributed by atoms with Crippen LogP contribution < -0.4 is 10.1 Å². The van der Waals surface area contributed by atoms with Gasteiger partial charge < -0.3 is 15.0 Å². The second-order valence-electron chi connectivity index (χ2n) is 9.41. The van der Waals surface area contributed by atoms with Crippen molar-refractivity contribution < 1.29 is 18.7 Å². The van der Waals surface area contributed by atoms with Crippen LogP contribution in [0.1, 0.15) is 65.5 Å². The fourth-order valence-corrected chi connectivity index (χ4v) is 5.72. The fraction of sp³-hybridized carbons (Fsp3) is 0.310. The maximum atomic E-state index is 14.0. The summed E-state index contributed by atoms with van der Waals surface area (Å²) in [6.07, 6.45) is 5.06. The summed E-state index contributed by atoms with van der Waals surface area (Å²) < 4.78 is 19.1. The third kappa shape index (κ3) is 4.58. The molecule has 5 nitrogen and oxygen atoms in total. The number of nitrogens with zero attached hydrogens (tertiary/aromatic N) is 1. The third-order valence-corrected chi connectivity index (χ3v) is 7.56. The number of hydrogen-bond donors (Lipinski definition) is 1. The molecule has 7 heteroatoms. The minimum absolute atomic E-state index is 0.0438. The molecule has 36 heavy (non-hydrogen) atoms. The number of nitrogens with one attached hydrogen (secondary N) is 1. The van der Waals surface area contributed by atoms with Crippen molar-refractivity contribution in [3.8, 4) is 5.75 Å². The normalized spacial score (nSPS) is 20.1. The summed E-state index contributed by atoms with van der Waals surface area (Å²) in [6.45, 7) is 0. The molecule has 1 fully saturated rings. The number of carbonyl (C=O) groups excluding carboxylic acids is 2. The number of halogens is 2. The largest absolute Gasteiger partial charge is 0.497 e. The number of fused-ring (bicyclic) bond motifs is 1. The Kier molecular flexibility index (Phi) is 6.97. The molecule has 1 N–H and O–H groups in total. The van der Waals surface area contributed by atoms with Gasteiger partial charge in [0.25, 0.3) is 5.91 Å². The van der Waals surface area contributed by atoms with Crippen LogP contribution in [0, 0.1) is 5.82 Å². The lowest BCUT2D eigenvalue weighted by atomic mass is 9.77. The lowest BCUT2D eigenvalue weighted by molar-refractivity contribution is -0.119. The molecule has 1 saturated carbocycles. The number of amides is 2. The number of rotatable bonds is 5. The van der Waals surface area contributed by atoms with Crippen molar-refractivity contribution in [3.05, 3.63) is 94.3 Å². The number of ether oxygens (including phenoxy) is 1. The predicted molar refractivity (Wildman–Crippen MR) is 138 cm³/mol. The molecule has 2 atom stereocenters. The Morgan fingerprint density at radius 1 is 1.03 bits per heavy atom. The molecular weight excluding hydrogens is 479 g/mol. The minimum Gasteiger partial charge on any atom is -0.497 e.